The molecule has 2 aromatic heterocycles. The second-order valence-electron chi connectivity index (χ2n) is 3.73. The minimum atomic E-state index is -0.494. The summed E-state index contributed by atoms with van der Waals surface area (Å²) in [4.78, 5) is 13.5. The number of carbonyl (C=O) groups excluding carboxylic acids is 1. The molecule has 0 aliphatic rings. The molecule has 0 saturated heterocycles. The Bertz CT molecular complexity index is 554. The fraction of sp³-hybridized carbons (Fsp3) is 0.273. The van der Waals surface area contributed by atoms with E-state index >= 15 is 0 Å². The number of hydrogen-bond donors (Lipinski definition) is 1. The summed E-state index contributed by atoms with van der Waals surface area (Å²) in [6.07, 6.45) is 0. The largest absolute Gasteiger partial charge is 0.364 e. The van der Waals surface area contributed by atoms with Crippen molar-refractivity contribution >= 4 is 17.2 Å². The van der Waals surface area contributed by atoms with Crippen LogP contribution in [0.2, 0.25) is 0 Å². The Morgan fingerprint density at radius 3 is 2.56 bits per heavy atom. The van der Waals surface area contributed by atoms with Crippen LogP contribution in [-0.4, -0.2) is 15.7 Å². The molecular formula is C11H13N3OS. The maximum absolute atomic E-state index is 11.0. The van der Waals surface area contributed by atoms with E-state index in [1.165, 1.54) is 9.75 Å². The van der Waals surface area contributed by atoms with Gasteiger partial charge in [-0.25, -0.2) is 0 Å². The number of carbonyl (C=O) groups is 1. The summed E-state index contributed by atoms with van der Waals surface area (Å²) in [5.41, 5.74) is 7.55. The second kappa shape index (κ2) is 3.75. The molecule has 0 saturated carbocycles. The van der Waals surface area contributed by atoms with Crippen LogP contribution < -0.4 is 5.73 Å². The molecule has 0 bridgehead atoms. The fourth-order valence-corrected chi connectivity index (χ4v) is 2.66. The molecule has 84 valence electrons. The summed E-state index contributed by atoms with van der Waals surface area (Å²) in [5, 5.41) is 4.08. The molecule has 16 heavy (non-hydrogen) atoms. The maximum Gasteiger partial charge on any atom is 0.269 e. The highest BCUT2D eigenvalue weighted by Crippen LogP contribution is 2.30. The van der Waals surface area contributed by atoms with E-state index in [2.05, 4.69) is 25.0 Å². The van der Waals surface area contributed by atoms with Gasteiger partial charge in [-0.15, -0.1) is 11.3 Å². The minimum absolute atomic E-state index is 0.306. The van der Waals surface area contributed by atoms with Crippen LogP contribution in [0.4, 0.5) is 0 Å². The highest BCUT2D eigenvalue weighted by atomic mass is 32.1. The first-order valence-corrected chi connectivity index (χ1v) is 5.72. The number of amides is 1. The van der Waals surface area contributed by atoms with Gasteiger partial charge in [-0.1, -0.05) is 0 Å². The first-order chi connectivity index (χ1) is 7.49. The SMILES string of the molecule is Cc1cc(-c2cc(C(N)=O)nn2C)c(C)s1. The first kappa shape index (κ1) is 10.9. The molecular weight excluding hydrogens is 222 g/mol. The van der Waals surface area contributed by atoms with E-state index in [4.69, 9.17) is 5.73 Å². The maximum atomic E-state index is 11.0. The van der Waals surface area contributed by atoms with E-state index in [9.17, 15) is 4.79 Å². The Morgan fingerprint density at radius 1 is 1.44 bits per heavy atom. The number of nitrogens with two attached hydrogens (primary N) is 1. The number of rotatable bonds is 2. The molecule has 0 fully saturated rings. The smallest absolute Gasteiger partial charge is 0.269 e. The van der Waals surface area contributed by atoms with Gasteiger partial charge in [0.1, 0.15) is 0 Å². The minimum Gasteiger partial charge on any atom is -0.364 e. The molecule has 0 spiro atoms. The lowest BCUT2D eigenvalue weighted by atomic mass is 10.1. The Labute approximate surface area is 97.7 Å². The third-order valence-electron chi connectivity index (χ3n) is 2.45. The summed E-state index contributed by atoms with van der Waals surface area (Å²) in [6, 6.07) is 3.83. The predicted octanol–water partition coefficient (Wildman–Crippen LogP) is 1.86. The Kier molecular flexibility index (Phi) is 2.55. The lowest BCUT2D eigenvalue weighted by molar-refractivity contribution is 0.0995. The molecule has 4 nitrogen and oxygen atoms in total. The van der Waals surface area contributed by atoms with Gasteiger partial charge >= 0.3 is 0 Å². The standard InChI is InChI=1S/C11H13N3OS/c1-6-4-8(7(2)16-6)10-5-9(11(12)15)13-14(10)3/h4-5H,1-3H3,(H2,12,15). The van der Waals surface area contributed by atoms with Gasteiger partial charge < -0.3 is 5.73 Å². The van der Waals surface area contributed by atoms with Crippen molar-refractivity contribution < 1.29 is 4.79 Å². The zero-order valence-electron chi connectivity index (χ0n) is 9.44. The molecule has 2 heterocycles. The van der Waals surface area contributed by atoms with Crippen molar-refractivity contribution in [1.29, 1.82) is 0 Å². The Morgan fingerprint density at radius 2 is 2.12 bits per heavy atom. The van der Waals surface area contributed by atoms with Crippen molar-refractivity contribution in [2.75, 3.05) is 0 Å². The quantitative estimate of drug-likeness (QED) is 0.863. The normalized spacial score (nSPS) is 10.7. The van der Waals surface area contributed by atoms with Gasteiger partial charge in [-0.3, -0.25) is 9.48 Å². The summed E-state index contributed by atoms with van der Waals surface area (Å²) in [5.74, 6) is -0.494. The zero-order chi connectivity index (χ0) is 11.9. The van der Waals surface area contributed by atoms with Crippen LogP contribution in [0.1, 0.15) is 20.2 Å². The lowest BCUT2D eigenvalue weighted by Crippen LogP contribution is -2.11. The predicted molar refractivity (Wildman–Crippen MR) is 64.5 cm³/mol. The highest BCUT2D eigenvalue weighted by Gasteiger charge is 2.14. The van der Waals surface area contributed by atoms with Gasteiger partial charge in [0.2, 0.25) is 0 Å². The van der Waals surface area contributed by atoms with Gasteiger partial charge in [0.05, 0.1) is 5.69 Å². The van der Waals surface area contributed by atoms with Crippen molar-refractivity contribution in [3.63, 3.8) is 0 Å². The number of aromatic nitrogens is 2. The number of thiophene rings is 1. The average molecular weight is 235 g/mol. The van der Waals surface area contributed by atoms with Crippen LogP contribution in [-0.2, 0) is 7.05 Å². The fourth-order valence-electron chi connectivity index (χ4n) is 1.72. The van der Waals surface area contributed by atoms with E-state index in [1.54, 1.807) is 22.1 Å². The van der Waals surface area contributed by atoms with E-state index in [0.717, 1.165) is 11.3 Å². The molecule has 0 aliphatic carbocycles. The van der Waals surface area contributed by atoms with Crippen LogP contribution >= 0.6 is 11.3 Å². The van der Waals surface area contributed by atoms with Gasteiger partial charge in [0.15, 0.2) is 5.69 Å². The highest BCUT2D eigenvalue weighted by molar-refractivity contribution is 7.12. The summed E-state index contributed by atoms with van der Waals surface area (Å²) >= 11 is 1.73. The van der Waals surface area contributed by atoms with Gasteiger partial charge in [-0.2, -0.15) is 5.10 Å². The molecule has 0 radical (unpaired) electrons. The molecule has 0 aromatic carbocycles. The van der Waals surface area contributed by atoms with E-state index < -0.39 is 5.91 Å². The van der Waals surface area contributed by atoms with Crippen molar-refractivity contribution in [1.82, 2.24) is 9.78 Å². The summed E-state index contributed by atoms with van der Waals surface area (Å²) in [7, 11) is 1.81. The van der Waals surface area contributed by atoms with Crippen molar-refractivity contribution in [2.24, 2.45) is 12.8 Å². The van der Waals surface area contributed by atoms with Crippen molar-refractivity contribution in [2.45, 2.75) is 13.8 Å². The van der Waals surface area contributed by atoms with Gasteiger partial charge in [0.25, 0.3) is 5.91 Å². The van der Waals surface area contributed by atoms with Gasteiger partial charge in [-0.05, 0) is 26.0 Å². The van der Waals surface area contributed by atoms with E-state index in [1.807, 2.05) is 7.05 Å². The monoisotopic (exact) mass is 235 g/mol. The third-order valence-corrected chi connectivity index (χ3v) is 3.42. The number of hydrogen-bond acceptors (Lipinski definition) is 3. The first-order valence-electron chi connectivity index (χ1n) is 4.90. The van der Waals surface area contributed by atoms with Crippen LogP contribution in [0.25, 0.3) is 11.3 Å². The van der Waals surface area contributed by atoms with Gasteiger partial charge in [0, 0.05) is 22.4 Å². The summed E-state index contributed by atoms with van der Waals surface area (Å²) < 4.78 is 1.69. The second-order valence-corrected chi connectivity index (χ2v) is 5.19. The molecule has 0 atom stereocenters. The number of primary amides is 1. The molecule has 1 amide bonds. The van der Waals surface area contributed by atoms with Crippen molar-refractivity contribution in [3.8, 4) is 11.3 Å². The molecule has 0 unspecified atom stereocenters. The summed E-state index contributed by atoms with van der Waals surface area (Å²) in [6.45, 7) is 4.12. The Balaban J connectivity index is 2.56. The number of nitrogens with zero attached hydrogens (tertiary/aromatic N) is 2. The molecule has 2 rings (SSSR count). The third kappa shape index (κ3) is 1.74. The molecule has 2 N–H and O–H groups in total. The molecule has 0 aliphatic heterocycles. The Hall–Kier alpha value is -1.62. The molecule has 5 heteroatoms. The lowest BCUT2D eigenvalue weighted by Gasteiger charge is -1.99. The van der Waals surface area contributed by atoms with Crippen LogP contribution in [0.15, 0.2) is 12.1 Å². The van der Waals surface area contributed by atoms with Crippen molar-refractivity contribution in [3.05, 3.63) is 27.6 Å². The topological polar surface area (TPSA) is 60.9 Å². The molecule has 2 aromatic rings. The van der Waals surface area contributed by atoms with E-state index in [-0.39, 0.29) is 0 Å². The van der Waals surface area contributed by atoms with Crippen LogP contribution in [0, 0.1) is 13.8 Å². The zero-order valence-corrected chi connectivity index (χ0v) is 10.3. The van der Waals surface area contributed by atoms with Crippen LogP contribution in [0.3, 0.4) is 0 Å². The van der Waals surface area contributed by atoms with E-state index in [0.29, 0.717) is 5.69 Å². The average Bonchev–Trinajstić information content (AvgIpc) is 2.69. The number of aryl methyl sites for hydroxylation is 3. The van der Waals surface area contributed by atoms with Crippen LogP contribution in [0.5, 0.6) is 0 Å².